The lowest BCUT2D eigenvalue weighted by Gasteiger charge is -2.07. The van der Waals surface area contributed by atoms with E-state index in [1.54, 1.807) is 11.8 Å². The number of nitrogens with zero attached hydrogens (tertiary/aromatic N) is 2. The van der Waals surface area contributed by atoms with Crippen molar-refractivity contribution in [1.29, 1.82) is 0 Å². The van der Waals surface area contributed by atoms with Crippen molar-refractivity contribution >= 4 is 35.8 Å². The van der Waals surface area contributed by atoms with E-state index in [4.69, 9.17) is 16.1 Å². The van der Waals surface area contributed by atoms with Crippen LogP contribution in [0.15, 0.2) is 33.7 Å². The molecule has 7 heteroatoms. The summed E-state index contributed by atoms with van der Waals surface area (Å²) in [6, 6.07) is 8.08. The summed E-state index contributed by atoms with van der Waals surface area (Å²) in [5.74, 6) is 1.36. The van der Waals surface area contributed by atoms with Crippen molar-refractivity contribution in [3.63, 3.8) is 0 Å². The first kappa shape index (κ1) is 18.3. The third kappa shape index (κ3) is 5.18. The monoisotopic (exact) mass is 347 g/mol. The summed E-state index contributed by atoms with van der Waals surface area (Å²) in [4.78, 5) is 5.46. The molecule has 1 aromatic heterocycles. The molecule has 116 valence electrons. The van der Waals surface area contributed by atoms with Crippen molar-refractivity contribution in [2.75, 3.05) is 7.05 Å². The minimum absolute atomic E-state index is 0. The first-order valence-electron chi connectivity index (χ1n) is 6.51. The fraction of sp³-hybridized carbons (Fsp3) is 0.429. The summed E-state index contributed by atoms with van der Waals surface area (Å²) in [5, 5.41) is 7.99. The van der Waals surface area contributed by atoms with Crippen LogP contribution in [0.5, 0.6) is 0 Å². The van der Waals surface area contributed by atoms with Crippen molar-refractivity contribution < 1.29 is 4.52 Å². The minimum atomic E-state index is 0. The number of likely N-dealkylation sites (N-methyl/N-ethyl adjacent to an activating group) is 1. The summed E-state index contributed by atoms with van der Waals surface area (Å²) in [5.41, 5.74) is 0. The maximum absolute atomic E-state index is 6.15. The molecular formula is C14H19Cl2N3OS. The van der Waals surface area contributed by atoms with Crippen LogP contribution < -0.4 is 5.32 Å². The van der Waals surface area contributed by atoms with Gasteiger partial charge in [-0.05, 0) is 33.0 Å². The molecule has 0 spiro atoms. The molecule has 2 unspecified atom stereocenters. The molecule has 1 N–H and O–H groups in total. The van der Waals surface area contributed by atoms with Crippen LogP contribution >= 0.6 is 35.8 Å². The van der Waals surface area contributed by atoms with Gasteiger partial charge in [-0.2, -0.15) is 4.98 Å². The topological polar surface area (TPSA) is 51.0 Å². The van der Waals surface area contributed by atoms with Crippen molar-refractivity contribution in [3.05, 3.63) is 41.0 Å². The van der Waals surface area contributed by atoms with Crippen molar-refractivity contribution in [2.45, 2.75) is 36.5 Å². The molecule has 4 nitrogen and oxygen atoms in total. The van der Waals surface area contributed by atoms with Gasteiger partial charge < -0.3 is 9.84 Å². The second-order valence-electron chi connectivity index (χ2n) is 4.63. The molecule has 21 heavy (non-hydrogen) atoms. The van der Waals surface area contributed by atoms with Crippen LogP contribution in [0.25, 0.3) is 0 Å². The Hall–Kier alpha value is -0.750. The largest absolute Gasteiger partial charge is 0.338 e. The summed E-state index contributed by atoms with van der Waals surface area (Å²) in [7, 11) is 1.92. The highest BCUT2D eigenvalue weighted by molar-refractivity contribution is 7.99. The van der Waals surface area contributed by atoms with E-state index in [9.17, 15) is 0 Å². The van der Waals surface area contributed by atoms with Gasteiger partial charge in [0.15, 0.2) is 5.82 Å². The third-order valence-corrected chi connectivity index (χ3v) is 4.56. The summed E-state index contributed by atoms with van der Waals surface area (Å²) in [6.07, 6.45) is 0.753. The van der Waals surface area contributed by atoms with Gasteiger partial charge in [0, 0.05) is 17.4 Å². The maximum atomic E-state index is 6.15. The second kappa shape index (κ2) is 8.63. The average molecular weight is 348 g/mol. The number of aromatic nitrogens is 2. The number of hydrogen-bond donors (Lipinski definition) is 1. The molecule has 0 fully saturated rings. The van der Waals surface area contributed by atoms with Crippen LogP contribution in [0.1, 0.15) is 30.8 Å². The Bertz CT molecular complexity index is 565. The number of hydrogen-bond acceptors (Lipinski definition) is 5. The zero-order chi connectivity index (χ0) is 14.5. The maximum Gasteiger partial charge on any atom is 0.239 e. The van der Waals surface area contributed by atoms with Crippen LogP contribution in [0, 0.1) is 0 Å². The standard InChI is InChI=1S/C14H18ClN3OS.ClH/c1-9(16-3)8-13-17-14(19-18-13)10(2)20-12-7-5-4-6-11(12)15;/h4-7,9-10,16H,8H2,1-3H3;1H. The van der Waals surface area contributed by atoms with Crippen LogP contribution in [0.4, 0.5) is 0 Å². The molecule has 2 aromatic rings. The second-order valence-corrected chi connectivity index (χ2v) is 6.42. The molecule has 0 radical (unpaired) electrons. The number of rotatable bonds is 6. The number of halogens is 2. The molecule has 0 aliphatic heterocycles. The lowest BCUT2D eigenvalue weighted by Crippen LogP contribution is -2.24. The van der Waals surface area contributed by atoms with Crippen LogP contribution in [-0.4, -0.2) is 23.2 Å². The molecule has 0 aliphatic rings. The Labute approximate surface area is 140 Å². The molecule has 1 aromatic carbocycles. The summed E-state index contributed by atoms with van der Waals surface area (Å²) < 4.78 is 5.33. The Morgan fingerprint density at radius 3 is 2.71 bits per heavy atom. The Balaban J connectivity index is 0.00000220. The zero-order valence-electron chi connectivity index (χ0n) is 12.2. The van der Waals surface area contributed by atoms with Crippen LogP contribution in [0.3, 0.4) is 0 Å². The van der Waals surface area contributed by atoms with E-state index < -0.39 is 0 Å². The van der Waals surface area contributed by atoms with Gasteiger partial charge in [0.2, 0.25) is 5.89 Å². The third-order valence-electron chi connectivity index (χ3n) is 2.95. The van der Waals surface area contributed by atoms with E-state index in [0.717, 1.165) is 22.2 Å². The molecule has 0 aliphatic carbocycles. The molecule has 0 saturated carbocycles. The Kier molecular flexibility index (Phi) is 7.52. The lowest BCUT2D eigenvalue weighted by atomic mass is 10.2. The van der Waals surface area contributed by atoms with E-state index in [1.165, 1.54) is 0 Å². The Morgan fingerprint density at radius 2 is 2.05 bits per heavy atom. The number of thioether (sulfide) groups is 1. The highest BCUT2D eigenvalue weighted by Gasteiger charge is 2.17. The van der Waals surface area contributed by atoms with Crippen molar-refractivity contribution in [3.8, 4) is 0 Å². The smallest absolute Gasteiger partial charge is 0.239 e. The van der Waals surface area contributed by atoms with E-state index in [0.29, 0.717) is 11.9 Å². The highest BCUT2D eigenvalue weighted by atomic mass is 35.5. The van der Waals surface area contributed by atoms with E-state index in [1.807, 2.05) is 38.2 Å². The quantitative estimate of drug-likeness (QED) is 0.795. The normalized spacial score (nSPS) is 13.5. The molecular weight excluding hydrogens is 329 g/mol. The SMILES string of the molecule is CNC(C)Cc1noc(C(C)Sc2ccccc2Cl)n1.Cl. The molecule has 0 saturated heterocycles. The van der Waals surface area contributed by atoms with Gasteiger partial charge in [-0.15, -0.1) is 24.2 Å². The number of nitrogens with one attached hydrogen (secondary N) is 1. The van der Waals surface area contributed by atoms with Gasteiger partial charge in [-0.25, -0.2) is 0 Å². The fourth-order valence-electron chi connectivity index (χ4n) is 1.67. The molecule has 0 amide bonds. The van der Waals surface area contributed by atoms with E-state index in [2.05, 4.69) is 22.4 Å². The van der Waals surface area contributed by atoms with Gasteiger partial charge in [0.1, 0.15) is 0 Å². The fourth-order valence-corrected chi connectivity index (χ4v) is 2.86. The average Bonchev–Trinajstić information content (AvgIpc) is 2.89. The Morgan fingerprint density at radius 1 is 1.33 bits per heavy atom. The number of benzene rings is 1. The van der Waals surface area contributed by atoms with E-state index in [-0.39, 0.29) is 17.7 Å². The van der Waals surface area contributed by atoms with E-state index >= 15 is 0 Å². The molecule has 0 bridgehead atoms. The summed E-state index contributed by atoms with van der Waals surface area (Å²) >= 11 is 7.77. The molecule has 2 atom stereocenters. The van der Waals surface area contributed by atoms with Gasteiger partial charge in [-0.1, -0.05) is 28.9 Å². The first-order chi connectivity index (χ1) is 9.60. The lowest BCUT2D eigenvalue weighted by molar-refractivity contribution is 0.373. The van der Waals surface area contributed by atoms with Gasteiger partial charge in [0.05, 0.1) is 10.3 Å². The van der Waals surface area contributed by atoms with Crippen molar-refractivity contribution in [1.82, 2.24) is 15.5 Å². The molecule has 2 rings (SSSR count). The van der Waals surface area contributed by atoms with Gasteiger partial charge in [0.25, 0.3) is 0 Å². The van der Waals surface area contributed by atoms with Crippen molar-refractivity contribution in [2.24, 2.45) is 0 Å². The minimum Gasteiger partial charge on any atom is -0.338 e. The highest BCUT2D eigenvalue weighted by Crippen LogP contribution is 2.37. The molecule has 1 heterocycles. The van der Waals surface area contributed by atoms with Gasteiger partial charge >= 0.3 is 0 Å². The predicted octanol–water partition coefficient (Wildman–Crippen LogP) is 4.15. The first-order valence-corrected chi connectivity index (χ1v) is 7.77. The van der Waals surface area contributed by atoms with Gasteiger partial charge in [-0.3, -0.25) is 0 Å². The van der Waals surface area contributed by atoms with Crippen LogP contribution in [0.2, 0.25) is 5.02 Å². The predicted molar refractivity (Wildman–Crippen MR) is 89.5 cm³/mol. The zero-order valence-corrected chi connectivity index (χ0v) is 14.6. The van der Waals surface area contributed by atoms with Crippen LogP contribution in [-0.2, 0) is 6.42 Å². The summed E-state index contributed by atoms with van der Waals surface area (Å²) in [6.45, 7) is 4.12.